The van der Waals surface area contributed by atoms with Gasteiger partial charge in [0.25, 0.3) is 0 Å². The molecule has 5 nitrogen and oxygen atoms in total. The number of hydrogen-bond acceptors (Lipinski definition) is 4. The molecule has 0 atom stereocenters. The summed E-state index contributed by atoms with van der Waals surface area (Å²) in [6, 6.07) is 19.9. The van der Waals surface area contributed by atoms with Crippen molar-refractivity contribution in [2.24, 2.45) is 0 Å². The van der Waals surface area contributed by atoms with Gasteiger partial charge in [-0.15, -0.1) is 11.3 Å². The van der Waals surface area contributed by atoms with Crippen molar-refractivity contribution in [2.75, 3.05) is 31.1 Å². The van der Waals surface area contributed by atoms with Crippen LogP contribution in [0.15, 0.2) is 72.3 Å². The van der Waals surface area contributed by atoms with Crippen molar-refractivity contribution in [3.63, 3.8) is 0 Å². The molecule has 0 unspecified atom stereocenters. The van der Waals surface area contributed by atoms with Crippen LogP contribution >= 0.6 is 34.5 Å². The largest absolute Gasteiger partial charge is 0.334 e. The standard InChI is InChI=1S/C30H28Cl2N4OS/c31-23-9-8-21(17-24(23)32)7-4-14-35-15-12-30(13-16-35)19-36(29(37)33-18-22-5-2-1-3-6-22)25-10-11-26-28(27(25)30)34-20-38-26/h1-11,17,20H,12-16,18-19H2,(H,33,37). The van der Waals surface area contributed by atoms with Crippen LogP contribution in [-0.2, 0) is 12.0 Å². The predicted molar refractivity (Wildman–Crippen MR) is 158 cm³/mol. The quantitative estimate of drug-likeness (QED) is 0.276. The third-order valence-electron chi connectivity index (χ3n) is 7.72. The number of carbonyl (C=O) groups excluding carboxylic acids is 1. The molecule has 2 aliphatic heterocycles. The fraction of sp³-hybridized carbons (Fsp3) is 0.267. The second-order valence-corrected chi connectivity index (χ2v) is 11.7. The summed E-state index contributed by atoms with van der Waals surface area (Å²) in [7, 11) is 0. The van der Waals surface area contributed by atoms with E-state index in [-0.39, 0.29) is 11.4 Å². The molecule has 2 amide bonds. The molecule has 0 radical (unpaired) electrons. The molecule has 3 heterocycles. The SMILES string of the molecule is O=C(NCc1ccccc1)N1CC2(CCN(CC=Cc3ccc(Cl)c(Cl)c3)CC2)c2c1ccc1scnc21. The Labute approximate surface area is 236 Å². The Morgan fingerprint density at radius 1 is 1.05 bits per heavy atom. The first kappa shape index (κ1) is 25.4. The number of aromatic nitrogens is 1. The Hall–Kier alpha value is -2.90. The molecule has 1 aromatic heterocycles. The molecule has 3 aromatic carbocycles. The molecule has 38 heavy (non-hydrogen) atoms. The summed E-state index contributed by atoms with van der Waals surface area (Å²) in [6.07, 6.45) is 6.25. The maximum absolute atomic E-state index is 13.4. The van der Waals surface area contributed by atoms with Crippen LogP contribution in [0.1, 0.15) is 29.5 Å². The van der Waals surface area contributed by atoms with Crippen molar-refractivity contribution in [1.82, 2.24) is 15.2 Å². The number of amides is 2. The zero-order valence-corrected chi connectivity index (χ0v) is 23.2. The van der Waals surface area contributed by atoms with Gasteiger partial charge in [0, 0.05) is 30.6 Å². The molecule has 0 aliphatic carbocycles. The number of anilines is 1. The monoisotopic (exact) mass is 562 g/mol. The summed E-state index contributed by atoms with van der Waals surface area (Å²) in [6.45, 7) is 3.99. The average Bonchev–Trinajstić information content (AvgIpc) is 3.54. The number of carbonyl (C=O) groups is 1. The zero-order valence-electron chi connectivity index (χ0n) is 20.9. The highest BCUT2D eigenvalue weighted by Crippen LogP contribution is 2.50. The topological polar surface area (TPSA) is 48.5 Å². The van der Waals surface area contributed by atoms with Crippen LogP contribution in [-0.4, -0.2) is 42.1 Å². The van der Waals surface area contributed by atoms with Crippen LogP contribution in [0.3, 0.4) is 0 Å². The fourth-order valence-electron chi connectivity index (χ4n) is 5.71. The lowest BCUT2D eigenvalue weighted by atomic mass is 9.74. The van der Waals surface area contributed by atoms with Gasteiger partial charge in [0.1, 0.15) is 0 Å². The Bertz CT molecular complexity index is 1490. The van der Waals surface area contributed by atoms with Gasteiger partial charge in [-0.05, 0) is 61.3 Å². The average molecular weight is 564 g/mol. The van der Waals surface area contributed by atoms with E-state index in [1.807, 2.05) is 58.9 Å². The van der Waals surface area contributed by atoms with E-state index in [9.17, 15) is 4.79 Å². The number of urea groups is 1. The number of nitrogens with one attached hydrogen (secondary N) is 1. The summed E-state index contributed by atoms with van der Waals surface area (Å²) >= 11 is 13.9. The summed E-state index contributed by atoms with van der Waals surface area (Å²) in [5.74, 6) is 0. The van der Waals surface area contributed by atoms with E-state index in [1.165, 1.54) is 10.3 Å². The molecule has 1 N–H and O–H groups in total. The number of thiazole rings is 1. The molecule has 0 saturated carbocycles. The molecule has 8 heteroatoms. The van der Waals surface area contributed by atoms with E-state index in [0.29, 0.717) is 23.1 Å². The van der Waals surface area contributed by atoms with Gasteiger partial charge in [0.05, 0.1) is 31.5 Å². The van der Waals surface area contributed by atoms with Crippen molar-refractivity contribution >= 4 is 62.5 Å². The lowest BCUT2D eigenvalue weighted by Gasteiger charge is -2.39. The highest BCUT2D eigenvalue weighted by molar-refractivity contribution is 7.16. The predicted octanol–water partition coefficient (Wildman–Crippen LogP) is 7.38. The number of halogens is 2. The molecule has 0 bridgehead atoms. The number of likely N-dealkylation sites (tertiary alicyclic amines) is 1. The van der Waals surface area contributed by atoms with Crippen molar-refractivity contribution in [1.29, 1.82) is 0 Å². The molecular weight excluding hydrogens is 535 g/mol. The summed E-state index contributed by atoms with van der Waals surface area (Å²) in [5.41, 5.74) is 7.27. The van der Waals surface area contributed by atoms with Crippen molar-refractivity contribution in [2.45, 2.75) is 24.8 Å². The van der Waals surface area contributed by atoms with Gasteiger partial charge in [0.2, 0.25) is 0 Å². The van der Waals surface area contributed by atoms with Gasteiger partial charge >= 0.3 is 6.03 Å². The molecule has 1 saturated heterocycles. The number of fused-ring (bicyclic) bond motifs is 4. The van der Waals surface area contributed by atoms with Gasteiger partial charge in [-0.1, -0.05) is 71.8 Å². The highest BCUT2D eigenvalue weighted by atomic mass is 35.5. The third kappa shape index (κ3) is 4.94. The van der Waals surface area contributed by atoms with Crippen molar-refractivity contribution in [3.05, 3.63) is 99.0 Å². The van der Waals surface area contributed by atoms with E-state index in [1.54, 1.807) is 11.3 Å². The number of nitrogens with zero attached hydrogens (tertiary/aromatic N) is 3. The van der Waals surface area contributed by atoms with Gasteiger partial charge in [-0.25, -0.2) is 9.78 Å². The third-order valence-corrected chi connectivity index (χ3v) is 9.26. The molecule has 1 spiro atoms. The first-order valence-corrected chi connectivity index (χ1v) is 14.5. The van der Waals surface area contributed by atoms with E-state index < -0.39 is 0 Å². The Balaban J connectivity index is 1.18. The van der Waals surface area contributed by atoms with Gasteiger partial charge in [0.15, 0.2) is 0 Å². The number of hydrogen-bond donors (Lipinski definition) is 1. The Morgan fingerprint density at radius 3 is 2.66 bits per heavy atom. The van der Waals surface area contributed by atoms with Crippen LogP contribution < -0.4 is 10.2 Å². The summed E-state index contributed by atoms with van der Waals surface area (Å²) in [4.78, 5) is 22.6. The molecule has 6 rings (SSSR count). The Morgan fingerprint density at radius 2 is 1.87 bits per heavy atom. The minimum atomic E-state index is -0.0864. The normalized spacial score (nSPS) is 16.9. The van der Waals surface area contributed by atoms with Crippen molar-refractivity contribution in [3.8, 4) is 0 Å². The number of benzene rings is 3. The molecular formula is C30H28Cl2N4OS. The van der Waals surface area contributed by atoms with Gasteiger partial charge < -0.3 is 5.32 Å². The Kier molecular flexibility index (Phi) is 7.14. The second-order valence-electron chi connectivity index (χ2n) is 10.0. The van der Waals surface area contributed by atoms with Gasteiger partial charge in [-0.3, -0.25) is 9.80 Å². The zero-order chi connectivity index (χ0) is 26.1. The van der Waals surface area contributed by atoms with E-state index in [4.69, 9.17) is 28.2 Å². The summed E-state index contributed by atoms with van der Waals surface area (Å²) < 4.78 is 1.18. The maximum atomic E-state index is 13.4. The van der Waals surface area contributed by atoms with Crippen LogP contribution in [0.5, 0.6) is 0 Å². The molecule has 194 valence electrons. The summed E-state index contributed by atoms with van der Waals surface area (Å²) in [5, 5.41) is 4.27. The first-order valence-electron chi connectivity index (χ1n) is 12.8. The maximum Gasteiger partial charge on any atom is 0.322 e. The molecule has 2 aliphatic rings. The fourth-order valence-corrected chi connectivity index (χ4v) is 6.70. The first-order chi connectivity index (χ1) is 18.5. The minimum absolute atomic E-state index is 0.0476. The lowest BCUT2D eigenvalue weighted by Crippen LogP contribution is -2.47. The second kappa shape index (κ2) is 10.7. The van der Waals surface area contributed by atoms with Crippen LogP contribution in [0, 0.1) is 0 Å². The smallest absolute Gasteiger partial charge is 0.322 e. The molecule has 4 aromatic rings. The minimum Gasteiger partial charge on any atom is -0.334 e. The lowest BCUT2D eigenvalue weighted by molar-refractivity contribution is 0.180. The number of piperidine rings is 1. The highest BCUT2D eigenvalue weighted by Gasteiger charge is 2.47. The van der Waals surface area contributed by atoms with E-state index >= 15 is 0 Å². The van der Waals surface area contributed by atoms with E-state index in [2.05, 4.69) is 34.5 Å². The number of rotatable bonds is 5. The van der Waals surface area contributed by atoms with Crippen molar-refractivity contribution < 1.29 is 4.79 Å². The van der Waals surface area contributed by atoms with Gasteiger partial charge in [-0.2, -0.15) is 0 Å². The van der Waals surface area contributed by atoms with Crippen LogP contribution in [0.4, 0.5) is 10.5 Å². The van der Waals surface area contributed by atoms with Crippen LogP contribution in [0.2, 0.25) is 10.0 Å². The van der Waals surface area contributed by atoms with Crippen LogP contribution in [0.25, 0.3) is 16.3 Å². The van der Waals surface area contributed by atoms with E-state index in [0.717, 1.165) is 54.8 Å². The molecule has 1 fully saturated rings.